The number of halogens is 1. The van der Waals surface area contributed by atoms with Gasteiger partial charge in [0.2, 0.25) is 10.0 Å². The lowest BCUT2D eigenvalue weighted by Crippen LogP contribution is -2.40. The van der Waals surface area contributed by atoms with Crippen LogP contribution in [-0.2, 0) is 19.6 Å². The molecule has 0 spiro atoms. The molecule has 0 aliphatic carbocycles. The molecule has 1 amide bonds. The van der Waals surface area contributed by atoms with Gasteiger partial charge in [0.15, 0.2) is 17.7 Å². The lowest BCUT2D eigenvalue weighted by atomic mass is 10.3. The molecule has 1 aliphatic rings. The van der Waals surface area contributed by atoms with Crippen LogP contribution in [0.4, 0.5) is 10.1 Å². The van der Waals surface area contributed by atoms with Crippen LogP contribution in [0, 0.1) is 5.82 Å². The summed E-state index contributed by atoms with van der Waals surface area (Å²) in [5.74, 6) is -1.13. The number of anilines is 1. The first kappa shape index (κ1) is 20.2. The first-order valence-electron chi connectivity index (χ1n) is 8.78. The van der Waals surface area contributed by atoms with Gasteiger partial charge >= 0.3 is 0 Å². The van der Waals surface area contributed by atoms with E-state index in [0.29, 0.717) is 18.9 Å². The smallest absolute Gasteiger partial charge is 0.265 e. The molecule has 1 heterocycles. The molecule has 150 valence electrons. The van der Waals surface area contributed by atoms with E-state index in [-0.39, 0.29) is 23.7 Å². The number of ether oxygens (including phenoxy) is 2. The van der Waals surface area contributed by atoms with Crippen molar-refractivity contribution in [2.45, 2.75) is 17.9 Å². The van der Waals surface area contributed by atoms with Crippen LogP contribution < -0.4 is 10.1 Å². The molecule has 0 bridgehead atoms. The molecule has 1 fully saturated rings. The van der Waals surface area contributed by atoms with Gasteiger partial charge in [-0.15, -0.1) is 0 Å². The van der Waals surface area contributed by atoms with Gasteiger partial charge in [0.1, 0.15) is 0 Å². The number of carbonyl (C=O) groups is 1. The topological polar surface area (TPSA) is 84.9 Å². The minimum absolute atomic E-state index is 0.0335. The summed E-state index contributed by atoms with van der Waals surface area (Å²) in [6.07, 6.45) is -0.976. The van der Waals surface area contributed by atoms with E-state index in [1.54, 1.807) is 18.2 Å². The molecule has 1 atom stereocenters. The largest absolute Gasteiger partial charge is 0.478 e. The van der Waals surface area contributed by atoms with E-state index in [1.165, 1.54) is 41.6 Å². The van der Waals surface area contributed by atoms with Crippen LogP contribution in [0.3, 0.4) is 0 Å². The summed E-state index contributed by atoms with van der Waals surface area (Å²) in [5.41, 5.74) is 0.309. The van der Waals surface area contributed by atoms with Crippen molar-refractivity contribution in [3.8, 4) is 5.75 Å². The van der Waals surface area contributed by atoms with Crippen LogP contribution >= 0.6 is 0 Å². The zero-order valence-electron chi connectivity index (χ0n) is 15.3. The van der Waals surface area contributed by atoms with Gasteiger partial charge in [-0.05, 0) is 37.3 Å². The monoisotopic (exact) mass is 408 g/mol. The predicted octanol–water partition coefficient (Wildman–Crippen LogP) is 2.25. The molecule has 7 nitrogen and oxygen atoms in total. The molecule has 28 heavy (non-hydrogen) atoms. The van der Waals surface area contributed by atoms with Crippen molar-refractivity contribution in [3.05, 3.63) is 54.3 Å². The van der Waals surface area contributed by atoms with E-state index in [0.717, 1.165) is 0 Å². The molecule has 9 heteroatoms. The van der Waals surface area contributed by atoms with E-state index in [9.17, 15) is 17.6 Å². The Morgan fingerprint density at radius 1 is 1.18 bits per heavy atom. The van der Waals surface area contributed by atoms with Gasteiger partial charge in [0.25, 0.3) is 5.91 Å². The van der Waals surface area contributed by atoms with Crippen molar-refractivity contribution in [3.63, 3.8) is 0 Å². The Balaban J connectivity index is 1.70. The number of nitrogens with zero attached hydrogens (tertiary/aromatic N) is 1. The Hall–Kier alpha value is -2.49. The number of carbonyl (C=O) groups excluding carboxylic acids is 1. The van der Waals surface area contributed by atoms with Crippen LogP contribution in [0.2, 0.25) is 0 Å². The molecule has 0 radical (unpaired) electrons. The summed E-state index contributed by atoms with van der Waals surface area (Å²) in [7, 11) is -3.67. The van der Waals surface area contributed by atoms with Crippen molar-refractivity contribution < 1.29 is 27.1 Å². The molecule has 1 N–H and O–H groups in total. The molecule has 2 aromatic carbocycles. The number of morpholine rings is 1. The molecule has 0 saturated carbocycles. The Morgan fingerprint density at radius 3 is 2.61 bits per heavy atom. The number of sulfonamides is 1. The maximum Gasteiger partial charge on any atom is 0.265 e. The summed E-state index contributed by atoms with van der Waals surface area (Å²) >= 11 is 0. The summed E-state index contributed by atoms with van der Waals surface area (Å²) in [6, 6.07) is 11.8. The predicted molar refractivity (Wildman–Crippen MR) is 101 cm³/mol. The number of benzene rings is 2. The summed E-state index contributed by atoms with van der Waals surface area (Å²) < 4.78 is 51.0. The molecular formula is C19H21FN2O5S. The number of hydrogen-bond donors (Lipinski definition) is 1. The van der Waals surface area contributed by atoms with Gasteiger partial charge < -0.3 is 14.8 Å². The van der Waals surface area contributed by atoms with Gasteiger partial charge in [0, 0.05) is 18.8 Å². The minimum atomic E-state index is -3.67. The van der Waals surface area contributed by atoms with Crippen LogP contribution in [0.25, 0.3) is 0 Å². The van der Waals surface area contributed by atoms with E-state index in [4.69, 9.17) is 9.47 Å². The van der Waals surface area contributed by atoms with Crippen molar-refractivity contribution in [2.75, 3.05) is 31.6 Å². The van der Waals surface area contributed by atoms with Crippen molar-refractivity contribution in [1.29, 1.82) is 0 Å². The van der Waals surface area contributed by atoms with Crippen LogP contribution in [0.5, 0.6) is 5.75 Å². The molecule has 3 rings (SSSR count). The molecular weight excluding hydrogens is 387 g/mol. The van der Waals surface area contributed by atoms with Crippen LogP contribution in [-0.4, -0.2) is 51.0 Å². The SMILES string of the molecule is C[C@H](Oc1ccccc1F)C(=O)Nc1cccc(S(=O)(=O)N2CCOCC2)c1. The lowest BCUT2D eigenvalue weighted by molar-refractivity contribution is -0.122. The second kappa shape index (κ2) is 8.68. The Bertz CT molecular complexity index is 945. The van der Waals surface area contributed by atoms with E-state index in [1.807, 2.05) is 0 Å². The number of para-hydroxylation sites is 1. The standard InChI is InChI=1S/C19H21FN2O5S/c1-14(27-18-8-3-2-7-17(18)20)19(23)21-15-5-4-6-16(13-15)28(24,25)22-9-11-26-12-10-22/h2-8,13-14H,9-12H2,1H3,(H,21,23)/t14-/m0/s1. The Morgan fingerprint density at radius 2 is 1.89 bits per heavy atom. The van der Waals surface area contributed by atoms with E-state index < -0.39 is 27.9 Å². The average Bonchev–Trinajstić information content (AvgIpc) is 2.70. The molecule has 0 aromatic heterocycles. The number of nitrogens with one attached hydrogen (secondary N) is 1. The zero-order chi connectivity index (χ0) is 20.1. The summed E-state index contributed by atoms with van der Waals surface area (Å²) in [5, 5.41) is 2.60. The normalized spacial score (nSPS) is 16.4. The fourth-order valence-electron chi connectivity index (χ4n) is 2.70. The van der Waals surface area contributed by atoms with Gasteiger partial charge in [-0.3, -0.25) is 4.79 Å². The maximum absolute atomic E-state index is 13.7. The van der Waals surface area contributed by atoms with Gasteiger partial charge in [0.05, 0.1) is 18.1 Å². The molecule has 1 aliphatic heterocycles. The Kier molecular flexibility index (Phi) is 6.28. The highest BCUT2D eigenvalue weighted by molar-refractivity contribution is 7.89. The summed E-state index contributed by atoms with van der Waals surface area (Å²) in [6.45, 7) is 2.75. The van der Waals surface area contributed by atoms with Crippen molar-refractivity contribution in [1.82, 2.24) is 4.31 Å². The summed E-state index contributed by atoms with van der Waals surface area (Å²) in [4.78, 5) is 12.4. The third-order valence-electron chi connectivity index (χ3n) is 4.22. The average molecular weight is 408 g/mol. The first-order valence-corrected chi connectivity index (χ1v) is 10.2. The number of hydrogen-bond acceptors (Lipinski definition) is 5. The fraction of sp³-hybridized carbons (Fsp3) is 0.316. The van der Waals surface area contributed by atoms with Crippen molar-refractivity contribution in [2.24, 2.45) is 0 Å². The highest BCUT2D eigenvalue weighted by Crippen LogP contribution is 2.21. The zero-order valence-corrected chi connectivity index (χ0v) is 16.1. The lowest BCUT2D eigenvalue weighted by Gasteiger charge is -2.26. The molecule has 2 aromatic rings. The molecule has 0 unspecified atom stereocenters. The Labute approximate surface area is 163 Å². The highest BCUT2D eigenvalue weighted by Gasteiger charge is 2.26. The third kappa shape index (κ3) is 4.67. The number of amides is 1. The van der Waals surface area contributed by atoms with E-state index >= 15 is 0 Å². The van der Waals surface area contributed by atoms with Gasteiger partial charge in [-0.1, -0.05) is 18.2 Å². The van der Waals surface area contributed by atoms with E-state index in [2.05, 4.69) is 5.32 Å². The van der Waals surface area contributed by atoms with Crippen molar-refractivity contribution >= 4 is 21.6 Å². The second-order valence-corrected chi connectivity index (χ2v) is 8.16. The highest BCUT2D eigenvalue weighted by atomic mass is 32.2. The molecule has 1 saturated heterocycles. The fourth-order valence-corrected chi connectivity index (χ4v) is 4.15. The maximum atomic E-state index is 13.7. The minimum Gasteiger partial charge on any atom is -0.478 e. The quantitative estimate of drug-likeness (QED) is 0.793. The first-order chi connectivity index (χ1) is 13.4. The van der Waals surface area contributed by atoms with Crippen LogP contribution in [0.1, 0.15) is 6.92 Å². The van der Waals surface area contributed by atoms with Gasteiger partial charge in [-0.25, -0.2) is 12.8 Å². The van der Waals surface area contributed by atoms with Gasteiger partial charge in [-0.2, -0.15) is 4.31 Å². The second-order valence-electron chi connectivity index (χ2n) is 6.22. The third-order valence-corrected chi connectivity index (χ3v) is 6.11. The number of rotatable bonds is 6. The van der Waals surface area contributed by atoms with Crippen LogP contribution in [0.15, 0.2) is 53.4 Å².